The van der Waals surface area contributed by atoms with Gasteiger partial charge in [0.2, 0.25) is 0 Å². The molecular weight excluding hydrogens is 278 g/mol. The maximum absolute atomic E-state index is 11.5. The van der Waals surface area contributed by atoms with Crippen LogP contribution < -0.4 is 0 Å². The van der Waals surface area contributed by atoms with E-state index in [4.69, 9.17) is 0 Å². The summed E-state index contributed by atoms with van der Waals surface area (Å²) >= 11 is 0. The number of nitrogens with zero attached hydrogens (tertiary/aromatic N) is 3. The first-order valence-electron chi connectivity index (χ1n) is 7.03. The first-order chi connectivity index (χ1) is 10.7. The second kappa shape index (κ2) is 5.81. The van der Waals surface area contributed by atoms with Gasteiger partial charge in [0.1, 0.15) is 5.69 Å². The van der Waals surface area contributed by atoms with Crippen LogP contribution in [0.2, 0.25) is 0 Å². The lowest BCUT2D eigenvalue weighted by atomic mass is 10.1. The number of pyridine rings is 1. The van der Waals surface area contributed by atoms with Crippen LogP contribution in [0.25, 0.3) is 17.1 Å². The van der Waals surface area contributed by atoms with E-state index in [1.54, 1.807) is 18.3 Å². The van der Waals surface area contributed by atoms with Crippen molar-refractivity contribution in [3.05, 3.63) is 66.0 Å². The second-order valence-electron chi connectivity index (χ2n) is 4.87. The van der Waals surface area contributed by atoms with Gasteiger partial charge in [0.05, 0.1) is 11.4 Å². The van der Waals surface area contributed by atoms with Gasteiger partial charge in [-0.05, 0) is 36.2 Å². The lowest BCUT2D eigenvalue weighted by Crippen LogP contribution is -2.07. The highest BCUT2D eigenvalue weighted by Gasteiger charge is 2.17. The lowest BCUT2D eigenvalue weighted by molar-refractivity contribution is 0.0687. The van der Waals surface area contributed by atoms with Crippen LogP contribution in [0, 0.1) is 0 Å². The fourth-order valence-corrected chi connectivity index (χ4v) is 2.24. The number of benzene rings is 1. The van der Waals surface area contributed by atoms with Gasteiger partial charge in [0.15, 0.2) is 5.69 Å². The molecular formula is C17H15N3O2. The van der Waals surface area contributed by atoms with E-state index in [1.807, 2.05) is 36.4 Å². The second-order valence-corrected chi connectivity index (χ2v) is 4.87. The van der Waals surface area contributed by atoms with Crippen molar-refractivity contribution in [2.24, 2.45) is 0 Å². The fraction of sp³-hybridized carbons (Fsp3) is 0.118. The zero-order chi connectivity index (χ0) is 15.5. The molecule has 2 aromatic heterocycles. The van der Waals surface area contributed by atoms with Gasteiger partial charge in [-0.15, -0.1) is 0 Å². The van der Waals surface area contributed by atoms with Crippen LogP contribution in [0.3, 0.4) is 0 Å². The summed E-state index contributed by atoms with van der Waals surface area (Å²) in [6.07, 6.45) is 2.59. The summed E-state index contributed by atoms with van der Waals surface area (Å²) in [6, 6.07) is 14.7. The van der Waals surface area contributed by atoms with Crippen LogP contribution in [0.15, 0.2) is 54.7 Å². The third kappa shape index (κ3) is 2.61. The van der Waals surface area contributed by atoms with E-state index in [9.17, 15) is 9.90 Å². The Balaban J connectivity index is 2.09. The van der Waals surface area contributed by atoms with Crippen LogP contribution in [0.5, 0.6) is 0 Å². The summed E-state index contributed by atoms with van der Waals surface area (Å²) in [5.74, 6) is -1.02. The summed E-state index contributed by atoms with van der Waals surface area (Å²) in [5, 5.41) is 13.8. The van der Waals surface area contributed by atoms with Crippen LogP contribution in [0.1, 0.15) is 23.0 Å². The van der Waals surface area contributed by atoms with Gasteiger partial charge >= 0.3 is 5.97 Å². The minimum atomic E-state index is -1.02. The average molecular weight is 293 g/mol. The third-order valence-electron chi connectivity index (χ3n) is 3.44. The van der Waals surface area contributed by atoms with Crippen molar-refractivity contribution in [3.8, 4) is 17.1 Å². The van der Waals surface area contributed by atoms with E-state index in [2.05, 4.69) is 17.0 Å². The van der Waals surface area contributed by atoms with E-state index < -0.39 is 5.97 Å². The van der Waals surface area contributed by atoms with Crippen LogP contribution >= 0.6 is 0 Å². The molecule has 0 unspecified atom stereocenters. The van der Waals surface area contributed by atoms with Crippen molar-refractivity contribution in [1.29, 1.82) is 0 Å². The van der Waals surface area contributed by atoms with Crippen LogP contribution in [-0.4, -0.2) is 25.8 Å². The molecule has 0 atom stereocenters. The van der Waals surface area contributed by atoms with Crippen molar-refractivity contribution in [2.75, 3.05) is 0 Å². The summed E-state index contributed by atoms with van der Waals surface area (Å²) in [4.78, 5) is 15.7. The molecule has 3 aromatic rings. The number of carboxylic acids is 1. The number of aromatic nitrogens is 3. The average Bonchev–Trinajstić information content (AvgIpc) is 3.01. The molecule has 3 rings (SSSR count). The SMILES string of the molecule is CCc1ccc(-n2nc(-c3ccccn3)cc2C(=O)O)cc1. The van der Waals surface area contributed by atoms with Crippen molar-refractivity contribution >= 4 is 5.97 Å². The van der Waals surface area contributed by atoms with Crippen molar-refractivity contribution in [2.45, 2.75) is 13.3 Å². The predicted molar refractivity (Wildman–Crippen MR) is 83.1 cm³/mol. The van der Waals surface area contributed by atoms with E-state index in [-0.39, 0.29) is 5.69 Å². The van der Waals surface area contributed by atoms with Crippen LogP contribution in [0.4, 0.5) is 0 Å². The molecule has 22 heavy (non-hydrogen) atoms. The predicted octanol–water partition coefficient (Wildman–Crippen LogP) is 3.19. The Hall–Kier alpha value is -2.95. The Kier molecular flexibility index (Phi) is 3.70. The molecule has 0 bridgehead atoms. The minimum absolute atomic E-state index is 0.116. The summed E-state index contributed by atoms with van der Waals surface area (Å²) in [6.45, 7) is 2.07. The van der Waals surface area contributed by atoms with E-state index in [0.29, 0.717) is 11.4 Å². The highest BCUT2D eigenvalue weighted by atomic mass is 16.4. The molecule has 1 aromatic carbocycles. The van der Waals surface area contributed by atoms with E-state index >= 15 is 0 Å². The molecule has 0 saturated heterocycles. The number of rotatable bonds is 4. The third-order valence-corrected chi connectivity index (χ3v) is 3.44. The Morgan fingerprint density at radius 3 is 2.50 bits per heavy atom. The molecule has 0 aliphatic heterocycles. The number of hydrogen-bond acceptors (Lipinski definition) is 3. The van der Waals surface area contributed by atoms with Crippen molar-refractivity contribution in [1.82, 2.24) is 14.8 Å². The van der Waals surface area contributed by atoms with Gasteiger partial charge in [-0.1, -0.05) is 25.1 Å². The fourth-order valence-electron chi connectivity index (χ4n) is 2.24. The summed E-state index contributed by atoms with van der Waals surface area (Å²) < 4.78 is 1.44. The summed E-state index contributed by atoms with van der Waals surface area (Å²) in [5.41, 5.74) is 3.21. The van der Waals surface area contributed by atoms with Gasteiger partial charge in [-0.3, -0.25) is 4.98 Å². The molecule has 0 fully saturated rings. The standard InChI is InChI=1S/C17H15N3O2/c1-2-12-6-8-13(9-7-12)20-16(17(21)22)11-15(19-20)14-5-3-4-10-18-14/h3-11H,2H2,1H3,(H,21,22). The van der Waals surface area contributed by atoms with E-state index in [1.165, 1.54) is 10.2 Å². The number of aryl methyl sites for hydroxylation is 1. The molecule has 5 heteroatoms. The normalized spacial score (nSPS) is 10.6. The van der Waals surface area contributed by atoms with Gasteiger partial charge in [-0.2, -0.15) is 5.10 Å². The summed E-state index contributed by atoms with van der Waals surface area (Å²) in [7, 11) is 0. The van der Waals surface area contributed by atoms with Crippen LogP contribution in [-0.2, 0) is 6.42 Å². The monoisotopic (exact) mass is 293 g/mol. The molecule has 110 valence electrons. The molecule has 0 amide bonds. The number of aromatic carboxylic acids is 1. The molecule has 1 N–H and O–H groups in total. The Bertz CT molecular complexity index is 793. The molecule has 5 nitrogen and oxygen atoms in total. The minimum Gasteiger partial charge on any atom is -0.477 e. The van der Waals surface area contributed by atoms with Gasteiger partial charge in [0.25, 0.3) is 0 Å². The number of carboxylic acid groups (broad SMARTS) is 1. The van der Waals surface area contributed by atoms with Gasteiger partial charge in [0, 0.05) is 12.3 Å². The zero-order valence-corrected chi connectivity index (χ0v) is 12.1. The van der Waals surface area contributed by atoms with Gasteiger partial charge in [-0.25, -0.2) is 9.48 Å². The smallest absolute Gasteiger partial charge is 0.354 e. The molecule has 0 radical (unpaired) electrons. The highest BCUT2D eigenvalue weighted by molar-refractivity contribution is 5.88. The topological polar surface area (TPSA) is 68.0 Å². The zero-order valence-electron chi connectivity index (χ0n) is 12.1. The van der Waals surface area contributed by atoms with Crippen molar-refractivity contribution in [3.63, 3.8) is 0 Å². The molecule has 2 heterocycles. The number of hydrogen-bond donors (Lipinski definition) is 1. The molecule has 0 aliphatic carbocycles. The van der Waals surface area contributed by atoms with E-state index in [0.717, 1.165) is 12.1 Å². The first-order valence-corrected chi connectivity index (χ1v) is 7.03. The quantitative estimate of drug-likeness (QED) is 0.802. The largest absolute Gasteiger partial charge is 0.477 e. The Morgan fingerprint density at radius 1 is 1.14 bits per heavy atom. The lowest BCUT2D eigenvalue weighted by Gasteiger charge is -2.05. The highest BCUT2D eigenvalue weighted by Crippen LogP contribution is 2.20. The van der Waals surface area contributed by atoms with Gasteiger partial charge < -0.3 is 5.11 Å². The maximum atomic E-state index is 11.5. The molecule has 0 spiro atoms. The molecule has 0 aliphatic rings. The maximum Gasteiger partial charge on any atom is 0.354 e. The van der Waals surface area contributed by atoms with Crippen molar-refractivity contribution < 1.29 is 9.90 Å². The Labute approximate surface area is 127 Å². The first kappa shape index (κ1) is 14.0. The Morgan fingerprint density at radius 2 is 1.91 bits per heavy atom. The number of carbonyl (C=O) groups is 1. The molecule has 0 saturated carbocycles.